The van der Waals surface area contributed by atoms with E-state index in [4.69, 9.17) is 0 Å². The summed E-state index contributed by atoms with van der Waals surface area (Å²) in [5, 5.41) is 0. The standard InChI is InChI=1S/C21H40Si/c1-2-8-14-19(13-7-1)22(20-15-9-3-4-10-16-20)21-17-11-5-6-12-18-21/h19-22H,1-18H2. The second-order valence-electron chi connectivity index (χ2n) is 8.83. The molecule has 3 aliphatic rings. The van der Waals surface area contributed by atoms with Crippen molar-refractivity contribution in [3.63, 3.8) is 0 Å². The normalized spacial score (nSPS) is 28.2. The third-order valence-corrected chi connectivity index (χ3v) is 12.6. The van der Waals surface area contributed by atoms with E-state index in [1.807, 2.05) is 0 Å². The van der Waals surface area contributed by atoms with Gasteiger partial charge in [0, 0.05) is 8.80 Å². The molecule has 0 saturated heterocycles. The Kier molecular flexibility index (Phi) is 7.36. The van der Waals surface area contributed by atoms with Crippen LogP contribution in [-0.4, -0.2) is 8.80 Å². The van der Waals surface area contributed by atoms with Gasteiger partial charge in [-0.3, -0.25) is 0 Å². The van der Waals surface area contributed by atoms with Crippen LogP contribution < -0.4 is 0 Å². The highest BCUT2D eigenvalue weighted by Crippen LogP contribution is 2.48. The molecule has 3 saturated carbocycles. The predicted octanol–water partition coefficient (Wildman–Crippen LogP) is 7.39. The van der Waals surface area contributed by atoms with Crippen LogP contribution in [0.4, 0.5) is 0 Å². The number of rotatable bonds is 3. The van der Waals surface area contributed by atoms with Crippen LogP contribution in [-0.2, 0) is 0 Å². The highest BCUT2D eigenvalue weighted by molar-refractivity contribution is 6.63. The number of hydrogen-bond acceptors (Lipinski definition) is 0. The third kappa shape index (κ3) is 4.85. The summed E-state index contributed by atoms with van der Waals surface area (Å²) in [5.41, 5.74) is 3.73. The van der Waals surface area contributed by atoms with E-state index in [2.05, 4.69) is 0 Å². The molecule has 0 aromatic heterocycles. The fraction of sp³-hybridized carbons (Fsp3) is 1.00. The third-order valence-electron chi connectivity index (χ3n) is 7.33. The Bertz CT molecular complexity index is 229. The van der Waals surface area contributed by atoms with Crippen LogP contribution in [0.15, 0.2) is 0 Å². The molecule has 0 N–H and O–H groups in total. The molecular weight excluding hydrogens is 280 g/mol. The topological polar surface area (TPSA) is 0 Å². The van der Waals surface area contributed by atoms with Crippen molar-refractivity contribution in [2.75, 3.05) is 0 Å². The molecule has 0 spiro atoms. The highest BCUT2D eigenvalue weighted by atomic mass is 28.3. The first-order chi connectivity index (χ1) is 10.9. The summed E-state index contributed by atoms with van der Waals surface area (Å²) in [4.78, 5) is 0. The molecule has 3 aliphatic carbocycles. The lowest BCUT2D eigenvalue weighted by Gasteiger charge is -2.38. The van der Waals surface area contributed by atoms with Crippen molar-refractivity contribution in [2.24, 2.45) is 0 Å². The van der Waals surface area contributed by atoms with Crippen molar-refractivity contribution in [1.82, 2.24) is 0 Å². The van der Waals surface area contributed by atoms with Gasteiger partial charge >= 0.3 is 0 Å². The van der Waals surface area contributed by atoms with Crippen molar-refractivity contribution in [3.8, 4) is 0 Å². The lowest BCUT2D eigenvalue weighted by atomic mass is 10.2. The number of hydrogen-bond donors (Lipinski definition) is 0. The van der Waals surface area contributed by atoms with E-state index in [0.717, 1.165) is 0 Å². The van der Waals surface area contributed by atoms with E-state index < -0.39 is 8.80 Å². The van der Waals surface area contributed by atoms with Gasteiger partial charge in [0.05, 0.1) is 0 Å². The van der Waals surface area contributed by atoms with Crippen LogP contribution in [0.5, 0.6) is 0 Å². The zero-order valence-electron chi connectivity index (χ0n) is 15.0. The van der Waals surface area contributed by atoms with E-state index in [9.17, 15) is 0 Å². The summed E-state index contributed by atoms with van der Waals surface area (Å²) in [6.45, 7) is 0. The van der Waals surface area contributed by atoms with E-state index in [1.54, 1.807) is 116 Å². The molecule has 128 valence electrons. The Morgan fingerprint density at radius 1 is 0.318 bits per heavy atom. The maximum absolute atomic E-state index is 1.64. The Morgan fingerprint density at radius 3 is 0.773 bits per heavy atom. The van der Waals surface area contributed by atoms with Crippen molar-refractivity contribution in [2.45, 2.75) is 132 Å². The molecule has 0 bridgehead atoms. The first-order valence-electron chi connectivity index (χ1n) is 10.9. The Labute approximate surface area is 141 Å². The van der Waals surface area contributed by atoms with Crippen LogP contribution >= 0.6 is 0 Å². The molecule has 0 aromatic rings. The fourth-order valence-electron chi connectivity index (χ4n) is 6.24. The largest absolute Gasteiger partial charge is 0.0533 e. The Hall–Kier alpha value is 0.217. The summed E-state index contributed by atoms with van der Waals surface area (Å²) in [5.74, 6) is 0. The Balaban J connectivity index is 1.72. The van der Waals surface area contributed by atoms with Gasteiger partial charge in [-0.05, 0) is 16.6 Å². The molecule has 0 nitrogen and oxygen atoms in total. The van der Waals surface area contributed by atoms with Gasteiger partial charge < -0.3 is 0 Å². The zero-order chi connectivity index (χ0) is 15.0. The summed E-state index contributed by atoms with van der Waals surface area (Å²) in [7, 11) is -0.565. The van der Waals surface area contributed by atoms with Crippen LogP contribution in [0.25, 0.3) is 0 Å². The summed E-state index contributed by atoms with van der Waals surface area (Å²) >= 11 is 0. The van der Waals surface area contributed by atoms with Crippen molar-refractivity contribution in [3.05, 3.63) is 0 Å². The van der Waals surface area contributed by atoms with Gasteiger partial charge in [-0.1, -0.05) is 116 Å². The molecule has 0 aliphatic heterocycles. The molecule has 3 rings (SSSR count). The summed E-state index contributed by atoms with van der Waals surface area (Å²) in [6, 6.07) is 0. The van der Waals surface area contributed by atoms with E-state index in [0.29, 0.717) is 0 Å². The maximum atomic E-state index is 1.64. The smallest absolute Gasteiger partial charge is 0.0461 e. The second-order valence-corrected chi connectivity index (χ2v) is 12.8. The second kappa shape index (κ2) is 9.50. The van der Waals surface area contributed by atoms with Gasteiger partial charge in [0.1, 0.15) is 0 Å². The van der Waals surface area contributed by atoms with Gasteiger partial charge in [0.25, 0.3) is 0 Å². The summed E-state index contributed by atoms with van der Waals surface area (Å²) < 4.78 is 0. The molecule has 0 amide bonds. The van der Waals surface area contributed by atoms with Gasteiger partial charge in [-0.25, -0.2) is 0 Å². The average molecular weight is 321 g/mol. The van der Waals surface area contributed by atoms with Gasteiger partial charge in [-0.2, -0.15) is 0 Å². The molecule has 0 heterocycles. The minimum absolute atomic E-state index is 0.565. The van der Waals surface area contributed by atoms with E-state index in [-0.39, 0.29) is 0 Å². The van der Waals surface area contributed by atoms with Crippen molar-refractivity contribution in [1.29, 1.82) is 0 Å². The van der Waals surface area contributed by atoms with Gasteiger partial charge in [-0.15, -0.1) is 0 Å². The molecule has 1 heteroatoms. The molecule has 22 heavy (non-hydrogen) atoms. The Morgan fingerprint density at radius 2 is 0.545 bits per heavy atom. The summed E-state index contributed by atoms with van der Waals surface area (Å²) in [6.07, 6.45) is 28.6. The molecular formula is C21H40Si. The minimum atomic E-state index is -0.565. The van der Waals surface area contributed by atoms with Crippen LogP contribution in [0.2, 0.25) is 16.6 Å². The minimum Gasteiger partial charge on any atom is -0.0533 e. The van der Waals surface area contributed by atoms with Gasteiger partial charge in [0.2, 0.25) is 0 Å². The quantitative estimate of drug-likeness (QED) is 0.375. The van der Waals surface area contributed by atoms with Crippen molar-refractivity contribution >= 4 is 8.80 Å². The fourth-order valence-corrected chi connectivity index (χ4v) is 12.3. The predicted molar refractivity (Wildman–Crippen MR) is 102 cm³/mol. The lowest BCUT2D eigenvalue weighted by Crippen LogP contribution is -2.32. The average Bonchev–Trinajstić information content (AvgIpc) is 3.04. The molecule has 3 fully saturated rings. The monoisotopic (exact) mass is 320 g/mol. The zero-order valence-corrected chi connectivity index (χ0v) is 16.2. The van der Waals surface area contributed by atoms with Crippen LogP contribution in [0, 0.1) is 0 Å². The highest BCUT2D eigenvalue weighted by Gasteiger charge is 2.37. The lowest BCUT2D eigenvalue weighted by molar-refractivity contribution is 0.575. The van der Waals surface area contributed by atoms with E-state index in [1.165, 1.54) is 16.6 Å². The molecule has 0 atom stereocenters. The molecule has 0 unspecified atom stereocenters. The molecule has 0 radical (unpaired) electrons. The maximum Gasteiger partial charge on any atom is 0.0461 e. The van der Waals surface area contributed by atoms with Crippen molar-refractivity contribution < 1.29 is 0 Å². The van der Waals surface area contributed by atoms with Gasteiger partial charge in [0.15, 0.2) is 0 Å². The van der Waals surface area contributed by atoms with Crippen LogP contribution in [0.1, 0.15) is 116 Å². The van der Waals surface area contributed by atoms with E-state index >= 15 is 0 Å². The van der Waals surface area contributed by atoms with Crippen LogP contribution in [0.3, 0.4) is 0 Å². The SMILES string of the molecule is C1CCCC([SiH](C2CCCCCC2)C2CCCCCC2)CC1. The first-order valence-corrected chi connectivity index (χ1v) is 12.9. The first kappa shape index (κ1) is 17.1. The molecule has 0 aromatic carbocycles.